The second-order valence-corrected chi connectivity index (χ2v) is 7.01. The van der Waals surface area contributed by atoms with Gasteiger partial charge in [0, 0.05) is 5.69 Å². The van der Waals surface area contributed by atoms with Crippen LogP contribution in [0.15, 0.2) is 84.6 Å². The predicted octanol–water partition coefficient (Wildman–Crippen LogP) is 5.01. The number of carbonyl (C=O) groups is 2. The molecule has 0 bridgehead atoms. The second kappa shape index (κ2) is 8.83. The van der Waals surface area contributed by atoms with E-state index in [1.807, 2.05) is 25.1 Å². The third-order valence-corrected chi connectivity index (χ3v) is 4.83. The molecule has 5 nitrogen and oxygen atoms in total. The fourth-order valence-corrected chi connectivity index (χ4v) is 3.39. The summed E-state index contributed by atoms with van der Waals surface area (Å²) >= 11 is 0. The third-order valence-electron chi connectivity index (χ3n) is 4.83. The lowest BCUT2D eigenvalue weighted by Crippen LogP contribution is -2.32. The number of para-hydroxylation sites is 3. The van der Waals surface area contributed by atoms with Crippen molar-refractivity contribution in [3.05, 3.63) is 95.9 Å². The van der Waals surface area contributed by atoms with E-state index in [-0.39, 0.29) is 11.3 Å². The summed E-state index contributed by atoms with van der Waals surface area (Å²) in [5.41, 5.74) is 1.80. The highest BCUT2D eigenvalue weighted by Gasteiger charge is 2.41. The van der Waals surface area contributed by atoms with Crippen LogP contribution < -0.4 is 15.0 Å². The van der Waals surface area contributed by atoms with Crippen molar-refractivity contribution in [2.24, 2.45) is 0 Å². The summed E-state index contributed by atoms with van der Waals surface area (Å²) in [6, 6.07) is 21.6. The van der Waals surface area contributed by atoms with Crippen LogP contribution in [0.1, 0.15) is 18.9 Å². The van der Waals surface area contributed by atoms with Crippen molar-refractivity contribution < 1.29 is 18.7 Å². The smallest absolute Gasteiger partial charge is 0.282 e. The minimum atomic E-state index is -0.499. The van der Waals surface area contributed by atoms with Crippen molar-refractivity contribution in [1.29, 1.82) is 0 Å². The van der Waals surface area contributed by atoms with Crippen LogP contribution in [0.3, 0.4) is 0 Å². The highest BCUT2D eigenvalue weighted by atomic mass is 19.1. The Bertz CT molecular complexity index is 1140. The average Bonchev–Trinajstić information content (AvgIpc) is 3.03. The van der Waals surface area contributed by atoms with E-state index < -0.39 is 17.6 Å². The first-order valence-electron chi connectivity index (χ1n) is 10.0. The van der Waals surface area contributed by atoms with Crippen LogP contribution in [0, 0.1) is 5.82 Å². The average molecular weight is 416 g/mol. The number of imide groups is 1. The minimum absolute atomic E-state index is 0.133. The van der Waals surface area contributed by atoms with Crippen molar-refractivity contribution in [1.82, 2.24) is 0 Å². The third kappa shape index (κ3) is 4.05. The van der Waals surface area contributed by atoms with Crippen LogP contribution in [-0.2, 0) is 9.59 Å². The monoisotopic (exact) mass is 416 g/mol. The zero-order valence-corrected chi connectivity index (χ0v) is 17.0. The standard InChI is InChI=1S/C25H21FN2O3/c1-2-16-31-21-11-7-6-10-20(21)28-24(29)22(17-12-14-18(26)15-13-17)23(25(28)30)27-19-8-4-3-5-9-19/h3-15,27H,2,16H2,1H3. The molecule has 3 aromatic rings. The second-order valence-electron chi connectivity index (χ2n) is 7.01. The van der Waals surface area contributed by atoms with Crippen LogP contribution in [0.4, 0.5) is 15.8 Å². The number of halogens is 1. The Morgan fingerprint density at radius 3 is 2.26 bits per heavy atom. The van der Waals surface area contributed by atoms with E-state index >= 15 is 0 Å². The van der Waals surface area contributed by atoms with Crippen LogP contribution in [0.2, 0.25) is 0 Å². The van der Waals surface area contributed by atoms with Gasteiger partial charge in [-0.3, -0.25) is 9.59 Å². The summed E-state index contributed by atoms with van der Waals surface area (Å²) < 4.78 is 19.3. The topological polar surface area (TPSA) is 58.6 Å². The lowest BCUT2D eigenvalue weighted by Gasteiger charge is -2.19. The molecule has 6 heteroatoms. The molecule has 1 heterocycles. The molecule has 1 N–H and O–H groups in total. The van der Waals surface area contributed by atoms with Crippen molar-refractivity contribution in [2.45, 2.75) is 13.3 Å². The van der Waals surface area contributed by atoms with Gasteiger partial charge in [-0.15, -0.1) is 0 Å². The van der Waals surface area contributed by atoms with Gasteiger partial charge in [-0.25, -0.2) is 9.29 Å². The van der Waals surface area contributed by atoms with Gasteiger partial charge in [0.25, 0.3) is 11.8 Å². The Kier molecular flexibility index (Phi) is 5.80. The molecule has 4 rings (SSSR count). The molecular weight excluding hydrogens is 395 g/mol. The molecule has 0 aliphatic carbocycles. The molecule has 1 aliphatic rings. The van der Waals surface area contributed by atoms with Gasteiger partial charge in [0.15, 0.2) is 0 Å². The van der Waals surface area contributed by atoms with Gasteiger partial charge in [0.1, 0.15) is 17.3 Å². The molecule has 0 aromatic heterocycles. The van der Waals surface area contributed by atoms with E-state index in [1.165, 1.54) is 24.3 Å². The quantitative estimate of drug-likeness (QED) is 0.550. The van der Waals surface area contributed by atoms with Crippen LogP contribution in [-0.4, -0.2) is 18.4 Å². The lowest BCUT2D eigenvalue weighted by molar-refractivity contribution is -0.120. The SMILES string of the molecule is CCCOc1ccccc1N1C(=O)C(Nc2ccccc2)=C(c2ccc(F)cc2)C1=O. The van der Waals surface area contributed by atoms with E-state index in [4.69, 9.17) is 4.74 Å². The van der Waals surface area contributed by atoms with Gasteiger partial charge >= 0.3 is 0 Å². The zero-order chi connectivity index (χ0) is 21.8. The summed E-state index contributed by atoms with van der Waals surface area (Å²) in [7, 11) is 0. The highest BCUT2D eigenvalue weighted by molar-refractivity contribution is 6.46. The van der Waals surface area contributed by atoms with Gasteiger partial charge in [-0.2, -0.15) is 0 Å². The molecule has 0 radical (unpaired) electrons. The molecule has 156 valence electrons. The molecule has 0 saturated heterocycles. The number of carbonyl (C=O) groups excluding carboxylic acids is 2. The first-order valence-corrected chi connectivity index (χ1v) is 10.0. The number of hydrogen-bond acceptors (Lipinski definition) is 4. The van der Waals surface area contributed by atoms with E-state index in [0.717, 1.165) is 11.3 Å². The molecule has 3 aromatic carbocycles. The van der Waals surface area contributed by atoms with E-state index in [2.05, 4.69) is 5.32 Å². The van der Waals surface area contributed by atoms with E-state index in [9.17, 15) is 14.0 Å². The summed E-state index contributed by atoms with van der Waals surface area (Å²) in [5, 5.41) is 3.08. The summed E-state index contributed by atoms with van der Waals surface area (Å²) in [6.45, 7) is 2.44. The van der Waals surface area contributed by atoms with Crippen molar-refractivity contribution in [3.63, 3.8) is 0 Å². The molecule has 31 heavy (non-hydrogen) atoms. The van der Waals surface area contributed by atoms with Crippen LogP contribution in [0.25, 0.3) is 5.57 Å². The van der Waals surface area contributed by atoms with Gasteiger partial charge in [-0.1, -0.05) is 49.4 Å². The maximum Gasteiger partial charge on any atom is 0.282 e. The predicted molar refractivity (Wildman–Crippen MR) is 118 cm³/mol. The largest absolute Gasteiger partial charge is 0.491 e. The summed E-state index contributed by atoms with van der Waals surface area (Å²) in [6.07, 6.45) is 0.788. The number of rotatable bonds is 7. The maximum absolute atomic E-state index is 13.5. The summed E-state index contributed by atoms with van der Waals surface area (Å²) in [4.78, 5) is 28.0. The molecule has 0 atom stereocenters. The van der Waals surface area contributed by atoms with Crippen molar-refractivity contribution in [3.8, 4) is 5.75 Å². The maximum atomic E-state index is 13.5. The molecular formula is C25H21FN2O3. The Labute approximate surface area is 179 Å². The zero-order valence-electron chi connectivity index (χ0n) is 17.0. The van der Waals surface area contributed by atoms with Gasteiger partial charge in [0.2, 0.25) is 0 Å². The number of amides is 2. The Balaban J connectivity index is 1.80. The molecule has 0 fully saturated rings. The van der Waals surface area contributed by atoms with Gasteiger partial charge in [-0.05, 0) is 48.4 Å². The fraction of sp³-hybridized carbons (Fsp3) is 0.120. The number of nitrogens with one attached hydrogen (secondary N) is 1. The normalized spacial score (nSPS) is 13.7. The molecule has 1 aliphatic heterocycles. The fourth-order valence-electron chi connectivity index (χ4n) is 3.39. The first kappa shape index (κ1) is 20.3. The summed E-state index contributed by atoms with van der Waals surface area (Å²) in [5.74, 6) is -0.970. The van der Waals surface area contributed by atoms with Gasteiger partial charge in [0.05, 0.1) is 17.9 Å². The van der Waals surface area contributed by atoms with E-state index in [1.54, 1.807) is 36.4 Å². The molecule has 0 unspecified atom stereocenters. The van der Waals surface area contributed by atoms with Crippen LogP contribution >= 0.6 is 0 Å². The molecule has 0 spiro atoms. The molecule has 2 amide bonds. The van der Waals surface area contributed by atoms with Crippen LogP contribution in [0.5, 0.6) is 5.75 Å². The number of anilines is 2. The van der Waals surface area contributed by atoms with Crippen molar-refractivity contribution >= 4 is 28.8 Å². The van der Waals surface area contributed by atoms with Crippen molar-refractivity contribution in [2.75, 3.05) is 16.8 Å². The lowest BCUT2D eigenvalue weighted by atomic mass is 10.0. The minimum Gasteiger partial charge on any atom is -0.491 e. The number of benzene rings is 3. The van der Waals surface area contributed by atoms with E-state index in [0.29, 0.717) is 29.3 Å². The molecule has 0 saturated carbocycles. The van der Waals surface area contributed by atoms with Gasteiger partial charge < -0.3 is 10.1 Å². The number of nitrogens with zero attached hydrogens (tertiary/aromatic N) is 1. The number of hydrogen-bond donors (Lipinski definition) is 1. The highest BCUT2D eigenvalue weighted by Crippen LogP contribution is 2.37. The Morgan fingerprint density at radius 2 is 1.55 bits per heavy atom. The first-order chi connectivity index (χ1) is 15.1. The Hall–Kier alpha value is -3.93. The number of ether oxygens (including phenoxy) is 1. The Morgan fingerprint density at radius 1 is 0.871 bits per heavy atom.